The number of hydrogen-bond donors (Lipinski definition) is 1. The van der Waals surface area contributed by atoms with Gasteiger partial charge >= 0.3 is 6.18 Å². The van der Waals surface area contributed by atoms with Crippen LogP contribution in [0.2, 0.25) is 0 Å². The lowest BCUT2D eigenvalue weighted by Gasteiger charge is -2.09. The predicted octanol–water partition coefficient (Wildman–Crippen LogP) is 1.95. The van der Waals surface area contributed by atoms with Crippen molar-refractivity contribution in [2.24, 2.45) is 0 Å². The van der Waals surface area contributed by atoms with Crippen LogP contribution in [0.1, 0.15) is 5.56 Å². The van der Waals surface area contributed by atoms with Crippen molar-refractivity contribution >= 4 is 10.1 Å². The average molecular weight is 226 g/mol. The smallest absolute Gasteiger partial charge is 0.282 e. The van der Waals surface area contributed by atoms with Gasteiger partial charge in [0.15, 0.2) is 0 Å². The Balaban J connectivity index is 3.47. The van der Waals surface area contributed by atoms with Crippen LogP contribution < -0.4 is 0 Å². The van der Waals surface area contributed by atoms with E-state index in [1.807, 2.05) is 0 Å². The molecule has 0 radical (unpaired) electrons. The highest BCUT2D eigenvalue weighted by atomic mass is 32.2. The predicted molar refractivity (Wildman–Crippen MR) is 41.3 cm³/mol. The van der Waals surface area contributed by atoms with Crippen molar-refractivity contribution in [1.29, 1.82) is 0 Å². The lowest BCUT2D eigenvalue weighted by Crippen LogP contribution is -2.12. The summed E-state index contributed by atoms with van der Waals surface area (Å²) < 4.78 is 66.2. The second-order valence-electron chi connectivity index (χ2n) is 2.47. The Labute approximate surface area is 77.9 Å². The zero-order valence-corrected chi connectivity index (χ0v) is 7.43. The largest absolute Gasteiger partial charge is 0.417 e. The molecule has 0 fully saturated rings. The van der Waals surface area contributed by atoms with E-state index in [-0.39, 0.29) is 0 Å². The highest BCUT2D eigenvalue weighted by Crippen LogP contribution is 2.33. The molecule has 0 aliphatic heterocycles. The van der Waals surface area contributed by atoms with Gasteiger partial charge in [0.1, 0.15) is 4.90 Å². The summed E-state index contributed by atoms with van der Waals surface area (Å²) in [6.45, 7) is 0. The van der Waals surface area contributed by atoms with Gasteiger partial charge in [-0.1, -0.05) is 12.1 Å². The van der Waals surface area contributed by atoms with E-state index in [0.717, 1.165) is 12.1 Å². The summed E-state index contributed by atoms with van der Waals surface area (Å²) in [5.41, 5.74) is -1.37. The van der Waals surface area contributed by atoms with Crippen molar-refractivity contribution in [2.45, 2.75) is 11.1 Å². The van der Waals surface area contributed by atoms with Crippen LogP contribution in [0.4, 0.5) is 13.2 Å². The van der Waals surface area contributed by atoms with Crippen LogP contribution in [0.15, 0.2) is 29.2 Å². The molecule has 1 N–H and O–H groups in total. The molecule has 0 aliphatic rings. The summed E-state index contributed by atoms with van der Waals surface area (Å²) in [6.07, 6.45) is -4.80. The Morgan fingerprint density at radius 2 is 1.64 bits per heavy atom. The first-order valence-corrected chi connectivity index (χ1v) is 4.80. The maximum absolute atomic E-state index is 12.2. The minimum Gasteiger partial charge on any atom is -0.282 e. The molecule has 0 aliphatic carbocycles. The second kappa shape index (κ2) is 3.25. The Morgan fingerprint density at radius 1 is 1.14 bits per heavy atom. The van der Waals surface area contributed by atoms with E-state index < -0.39 is 26.8 Å². The zero-order chi connectivity index (χ0) is 11.0. The molecule has 0 saturated heterocycles. The monoisotopic (exact) mass is 226 g/mol. The lowest BCUT2D eigenvalue weighted by atomic mass is 10.2. The van der Waals surface area contributed by atoms with E-state index in [9.17, 15) is 21.6 Å². The van der Waals surface area contributed by atoms with Crippen LogP contribution in [0.3, 0.4) is 0 Å². The van der Waals surface area contributed by atoms with Gasteiger partial charge in [0.25, 0.3) is 10.1 Å². The molecule has 7 heteroatoms. The van der Waals surface area contributed by atoms with Crippen molar-refractivity contribution in [3.8, 4) is 0 Å². The molecule has 0 spiro atoms. The highest BCUT2D eigenvalue weighted by molar-refractivity contribution is 7.85. The third-order valence-corrected chi connectivity index (χ3v) is 2.38. The zero-order valence-electron chi connectivity index (χ0n) is 6.62. The molecule has 14 heavy (non-hydrogen) atoms. The minimum absolute atomic E-state index is 0.586. The van der Waals surface area contributed by atoms with Crippen LogP contribution in [0, 0.1) is 0 Å². The molecule has 0 atom stereocenters. The molecule has 0 bridgehead atoms. The summed E-state index contributed by atoms with van der Waals surface area (Å²) >= 11 is 0. The second-order valence-corrected chi connectivity index (χ2v) is 3.86. The number of alkyl halides is 3. The molecule has 3 nitrogen and oxygen atoms in total. The molecular formula is C7H5F3O3S. The van der Waals surface area contributed by atoms with Gasteiger partial charge in [-0.25, -0.2) is 0 Å². The van der Waals surface area contributed by atoms with Gasteiger partial charge in [0.2, 0.25) is 0 Å². The third kappa shape index (κ3) is 2.24. The standard InChI is InChI=1S/C7H5F3O3S/c8-7(9,10)5-3-1-2-4-6(5)14(11,12)13/h1-4H,(H,11,12,13). The van der Waals surface area contributed by atoms with Crippen molar-refractivity contribution in [1.82, 2.24) is 0 Å². The fourth-order valence-electron chi connectivity index (χ4n) is 0.926. The Morgan fingerprint density at radius 3 is 2.00 bits per heavy atom. The molecular weight excluding hydrogens is 221 g/mol. The van der Waals surface area contributed by atoms with Gasteiger partial charge in [-0.05, 0) is 12.1 Å². The maximum atomic E-state index is 12.2. The van der Waals surface area contributed by atoms with Crippen molar-refractivity contribution in [2.75, 3.05) is 0 Å². The Kier molecular flexibility index (Phi) is 2.55. The summed E-state index contributed by atoms with van der Waals surface area (Å²) in [4.78, 5) is -1.13. The van der Waals surface area contributed by atoms with Gasteiger partial charge in [-0.15, -0.1) is 0 Å². The van der Waals surface area contributed by atoms with Crippen molar-refractivity contribution in [3.05, 3.63) is 29.8 Å². The van der Waals surface area contributed by atoms with E-state index in [0.29, 0.717) is 12.1 Å². The highest BCUT2D eigenvalue weighted by Gasteiger charge is 2.36. The Hall–Kier alpha value is -1.08. The fourth-order valence-corrected chi connectivity index (χ4v) is 1.64. The molecule has 78 valence electrons. The Bertz CT molecular complexity index is 436. The summed E-state index contributed by atoms with van der Waals surface area (Å²) in [6, 6.07) is 3.41. The van der Waals surface area contributed by atoms with Gasteiger partial charge in [0.05, 0.1) is 5.56 Å². The minimum atomic E-state index is -4.84. The normalized spacial score (nSPS) is 12.9. The quantitative estimate of drug-likeness (QED) is 0.744. The van der Waals surface area contributed by atoms with Crippen LogP contribution >= 0.6 is 0 Å². The molecule has 0 amide bonds. The van der Waals surface area contributed by atoms with Crippen molar-refractivity contribution in [3.63, 3.8) is 0 Å². The van der Waals surface area contributed by atoms with E-state index in [1.54, 1.807) is 0 Å². The van der Waals surface area contributed by atoms with Crippen LogP contribution in [0.25, 0.3) is 0 Å². The molecule has 0 aromatic heterocycles. The van der Waals surface area contributed by atoms with E-state index in [2.05, 4.69) is 0 Å². The van der Waals surface area contributed by atoms with Gasteiger partial charge in [-0.3, -0.25) is 4.55 Å². The number of rotatable bonds is 1. The molecule has 0 saturated carbocycles. The first-order valence-electron chi connectivity index (χ1n) is 3.36. The van der Waals surface area contributed by atoms with E-state index in [1.165, 1.54) is 0 Å². The van der Waals surface area contributed by atoms with Crippen LogP contribution in [-0.2, 0) is 16.3 Å². The van der Waals surface area contributed by atoms with Crippen molar-refractivity contribution < 1.29 is 26.1 Å². The molecule has 1 aromatic rings. The summed E-state index contributed by atoms with van der Waals surface area (Å²) in [5.74, 6) is 0. The fraction of sp³-hybridized carbons (Fsp3) is 0.143. The number of halogens is 3. The third-order valence-electron chi connectivity index (χ3n) is 1.47. The van der Waals surface area contributed by atoms with Crippen LogP contribution in [-0.4, -0.2) is 13.0 Å². The van der Waals surface area contributed by atoms with E-state index >= 15 is 0 Å². The number of benzene rings is 1. The molecule has 1 aromatic carbocycles. The SMILES string of the molecule is O=S(=O)(O)c1ccccc1C(F)(F)F. The molecule has 0 heterocycles. The van der Waals surface area contributed by atoms with E-state index in [4.69, 9.17) is 4.55 Å². The van der Waals surface area contributed by atoms with Gasteiger partial charge < -0.3 is 0 Å². The molecule has 1 rings (SSSR count). The summed E-state index contributed by atoms with van der Waals surface area (Å²) in [7, 11) is -4.84. The average Bonchev–Trinajstić information content (AvgIpc) is 2.01. The van der Waals surface area contributed by atoms with Gasteiger partial charge in [-0.2, -0.15) is 21.6 Å². The molecule has 0 unspecified atom stereocenters. The number of hydrogen-bond acceptors (Lipinski definition) is 2. The first-order chi connectivity index (χ1) is 6.23. The van der Waals surface area contributed by atoms with Gasteiger partial charge in [0, 0.05) is 0 Å². The summed E-state index contributed by atoms with van der Waals surface area (Å²) in [5, 5.41) is 0. The maximum Gasteiger partial charge on any atom is 0.417 e. The topological polar surface area (TPSA) is 54.4 Å². The first kappa shape index (κ1) is 11.0. The lowest BCUT2D eigenvalue weighted by molar-refractivity contribution is -0.140. The van der Waals surface area contributed by atoms with Crippen LogP contribution in [0.5, 0.6) is 0 Å².